The van der Waals surface area contributed by atoms with E-state index in [-0.39, 0.29) is 11.8 Å². The Hall–Kier alpha value is -2.82. The zero-order valence-corrected chi connectivity index (χ0v) is 13.2. The molecule has 5 nitrogen and oxygen atoms in total. The SMILES string of the molecule is CCC(=O)Nc1cccc(NC(=O)[C@H](C)Oc2ccccc2)c1. The van der Waals surface area contributed by atoms with Gasteiger partial charge in [-0.25, -0.2) is 0 Å². The number of ether oxygens (including phenoxy) is 1. The van der Waals surface area contributed by atoms with Crippen LogP contribution in [0.5, 0.6) is 5.75 Å². The number of carbonyl (C=O) groups is 2. The molecule has 0 aromatic heterocycles. The van der Waals surface area contributed by atoms with Crippen molar-refractivity contribution in [1.82, 2.24) is 0 Å². The highest BCUT2D eigenvalue weighted by atomic mass is 16.5. The van der Waals surface area contributed by atoms with Crippen molar-refractivity contribution in [2.45, 2.75) is 26.4 Å². The van der Waals surface area contributed by atoms with E-state index in [1.807, 2.05) is 18.2 Å². The lowest BCUT2D eigenvalue weighted by atomic mass is 10.2. The molecule has 0 spiro atoms. The molecule has 0 radical (unpaired) electrons. The fourth-order valence-electron chi connectivity index (χ4n) is 1.92. The Morgan fingerprint density at radius 3 is 2.30 bits per heavy atom. The summed E-state index contributed by atoms with van der Waals surface area (Å²) >= 11 is 0. The summed E-state index contributed by atoms with van der Waals surface area (Å²) in [6.07, 6.45) is -0.232. The van der Waals surface area contributed by atoms with Crippen LogP contribution in [0.15, 0.2) is 54.6 Å². The van der Waals surface area contributed by atoms with Crippen LogP contribution in [-0.2, 0) is 9.59 Å². The Morgan fingerprint density at radius 2 is 1.65 bits per heavy atom. The number of hydrogen-bond donors (Lipinski definition) is 2. The molecule has 23 heavy (non-hydrogen) atoms. The molecule has 0 fully saturated rings. The molecule has 120 valence electrons. The lowest BCUT2D eigenvalue weighted by Crippen LogP contribution is -2.30. The second kappa shape index (κ2) is 7.98. The highest BCUT2D eigenvalue weighted by Gasteiger charge is 2.15. The standard InChI is InChI=1S/C18H20N2O3/c1-3-17(21)19-14-8-7-9-15(12-14)20-18(22)13(2)23-16-10-5-4-6-11-16/h4-13H,3H2,1-2H3,(H,19,21)(H,20,22)/t13-/m0/s1. The number of benzene rings is 2. The van der Waals surface area contributed by atoms with Crippen LogP contribution >= 0.6 is 0 Å². The van der Waals surface area contributed by atoms with Crippen LogP contribution in [0.2, 0.25) is 0 Å². The van der Waals surface area contributed by atoms with Crippen molar-refractivity contribution in [3.05, 3.63) is 54.6 Å². The van der Waals surface area contributed by atoms with E-state index >= 15 is 0 Å². The van der Waals surface area contributed by atoms with Crippen LogP contribution in [0.4, 0.5) is 11.4 Å². The first-order valence-corrected chi connectivity index (χ1v) is 7.51. The predicted molar refractivity (Wildman–Crippen MR) is 90.5 cm³/mol. The van der Waals surface area contributed by atoms with Crippen molar-refractivity contribution < 1.29 is 14.3 Å². The summed E-state index contributed by atoms with van der Waals surface area (Å²) in [6.45, 7) is 3.47. The summed E-state index contributed by atoms with van der Waals surface area (Å²) in [7, 11) is 0. The number of nitrogens with one attached hydrogen (secondary N) is 2. The highest BCUT2D eigenvalue weighted by Crippen LogP contribution is 2.17. The Kier molecular flexibility index (Phi) is 5.74. The number of para-hydroxylation sites is 1. The molecule has 0 saturated heterocycles. The molecule has 0 unspecified atom stereocenters. The number of carbonyl (C=O) groups excluding carboxylic acids is 2. The molecule has 0 aliphatic heterocycles. The Morgan fingerprint density at radius 1 is 1.00 bits per heavy atom. The van der Waals surface area contributed by atoms with E-state index in [1.54, 1.807) is 50.2 Å². The number of rotatable bonds is 6. The summed E-state index contributed by atoms with van der Waals surface area (Å²) < 4.78 is 5.58. The summed E-state index contributed by atoms with van der Waals surface area (Å²) in [6, 6.07) is 16.2. The first-order chi connectivity index (χ1) is 11.1. The molecule has 2 N–H and O–H groups in total. The second-order valence-electron chi connectivity index (χ2n) is 5.04. The third-order valence-corrected chi connectivity index (χ3v) is 3.16. The first kappa shape index (κ1) is 16.5. The first-order valence-electron chi connectivity index (χ1n) is 7.51. The van der Waals surface area contributed by atoms with Gasteiger partial charge in [0, 0.05) is 17.8 Å². The average Bonchev–Trinajstić information content (AvgIpc) is 2.56. The third kappa shape index (κ3) is 5.14. The lowest BCUT2D eigenvalue weighted by Gasteiger charge is -2.15. The van der Waals surface area contributed by atoms with Gasteiger partial charge in [0.1, 0.15) is 5.75 Å². The molecular weight excluding hydrogens is 292 g/mol. The Labute approximate surface area is 135 Å². The van der Waals surface area contributed by atoms with Crippen LogP contribution in [-0.4, -0.2) is 17.9 Å². The molecule has 2 amide bonds. The zero-order chi connectivity index (χ0) is 16.7. The largest absolute Gasteiger partial charge is 0.481 e. The maximum absolute atomic E-state index is 12.2. The second-order valence-corrected chi connectivity index (χ2v) is 5.04. The van der Waals surface area contributed by atoms with E-state index in [0.29, 0.717) is 23.5 Å². The van der Waals surface area contributed by atoms with Gasteiger partial charge in [0.15, 0.2) is 6.10 Å². The van der Waals surface area contributed by atoms with E-state index in [4.69, 9.17) is 4.74 Å². The van der Waals surface area contributed by atoms with Crippen molar-refractivity contribution in [3.63, 3.8) is 0 Å². The van der Waals surface area contributed by atoms with Gasteiger partial charge in [-0.1, -0.05) is 31.2 Å². The maximum atomic E-state index is 12.2. The van der Waals surface area contributed by atoms with Crippen LogP contribution < -0.4 is 15.4 Å². The zero-order valence-electron chi connectivity index (χ0n) is 13.2. The van der Waals surface area contributed by atoms with E-state index in [1.165, 1.54) is 0 Å². The number of amides is 2. The van der Waals surface area contributed by atoms with Crippen molar-refractivity contribution in [2.24, 2.45) is 0 Å². The predicted octanol–water partition coefficient (Wildman–Crippen LogP) is 3.44. The van der Waals surface area contributed by atoms with Crippen LogP contribution in [0.1, 0.15) is 20.3 Å². The summed E-state index contributed by atoms with van der Waals surface area (Å²) in [4.78, 5) is 23.6. The van der Waals surface area contributed by atoms with Crippen LogP contribution in [0, 0.1) is 0 Å². The molecule has 0 bridgehead atoms. The summed E-state index contributed by atoms with van der Waals surface area (Å²) in [5, 5.41) is 5.53. The highest BCUT2D eigenvalue weighted by molar-refractivity contribution is 5.95. The molecule has 0 aliphatic carbocycles. The lowest BCUT2D eigenvalue weighted by molar-refractivity contribution is -0.122. The van der Waals surface area contributed by atoms with Gasteiger partial charge in [-0.3, -0.25) is 9.59 Å². The fourth-order valence-corrected chi connectivity index (χ4v) is 1.92. The van der Waals surface area contributed by atoms with Gasteiger partial charge in [0.05, 0.1) is 0 Å². The van der Waals surface area contributed by atoms with Crippen molar-refractivity contribution >= 4 is 23.2 Å². The molecule has 2 aromatic rings. The Bertz CT molecular complexity index is 671. The van der Waals surface area contributed by atoms with Crippen molar-refractivity contribution in [3.8, 4) is 5.75 Å². The molecule has 1 atom stereocenters. The molecule has 0 aliphatic rings. The van der Waals surface area contributed by atoms with Gasteiger partial charge in [0.2, 0.25) is 5.91 Å². The smallest absolute Gasteiger partial charge is 0.265 e. The maximum Gasteiger partial charge on any atom is 0.265 e. The average molecular weight is 312 g/mol. The molecule has 0 saturated carbocycles. The topological polar surface area (TPSA) is 67.4 Å². The number of hydrogen-bond acceptors (Lipinski definition) is 3. The van der Waals surface area contributed by atoms with Gasteiger partial charge >= 0.3 is 0 Å². The minimum absolute atomic E-state index is 0.0748. The van der Waals surface area contributed by atoms with Gasteiger partial charge in [-0.05, 0) is 37.3 Å². The molecular formula is C18H20N2O3. The van der Waals surface area contributed by atoms with Gasteiger partial charge < -0.3 is 15.4 Å². The molecule has 5 heteroatoms. The number of anilines is 2. The van der Waals surface area contributed by atoms with Gasteiger partial charge in [-0.15, -0.1) is 0 Å². The van der Waals surface area contributed by atoms with Crippen LogP contribution in [0.3, 0.4) is 0 Å². The van der Waals surface area contributed by atoms with E-state index in [0.717, 1.165) is 0 Å². The summed E-state index contributed by atoms with van der Waals surface area (Å²) in [5.41, 5.74) is 1.25. The summed E-state index contributed by atoms with van der Waals surface area (Å²) in [5.74, 6) is 0.307. The van der Waals surface area contributed by atoms with E-state index < -0.39 is 6.10 Å². The molecule has 0 heterocycles. The fraction of sp³-hybridized carbons (Fsp3) is 0.222. The molecule has 2 aromatic carbocycles. The van der Waals surface area contributed by atoms with E-state index in [9.17, 15) is 9.59 Å². The minimum atomic E-state index is -0.633. The van der Waals surface area contributed by atoms with Gasteiger partial charge in [-0.2, -0.15) is 0 Å². The van der Waals surface area contributed by atoms with Crippen molar-refractivity contribution in [2.75, 3.05) is 10.6 Å². The minimum Gasteiger partial charge on any atom is -0.481 e. The quantitative estimate of drug-likeness (QED) is 0.858. The third-order valence-electron chi connectivity index (χ3n) is 3.16. The molecule has 2 rings (SSSR count). The monoisotopic (exact) mass is 312 g/mol. The van der Waals surface area contributed by atoms with Crippen molar-refractivity contribution in [1.29, 1.82) is 0 Å². The normalized spacial score (nSPS) is 11.4. The Balaban J connectivity index is 1.96. The van der Waals surface area contributed by atoms with Gasteiger partial charge in [0.25, 0.3) is 5.91 Å². The van der Waals surface area contributed by atoms with Crippen LogP contribution in [0.25, 0.3) is 0 Å². The van der Waals surface area contributed by atoms with E-state index in [2.05, 4.69) is 10.6 Å².